The molecule has 0 radical (unpaired) electrons. The Morgan fingerprint density at radius 1 is 1.33 bits per heavy atom. The number of carboxylic acids is 1. The first kappa shape index (κ1) is 14.6. The van der Waals surface area contributed by atoms with Crippen molar-refractivity contribution < 1.29 is 19.4 Å². The van der Waals surface area contributed by atoms with Crippen molar-refractivity contribution in [3.63, 3.8) is 0 Å². The second-order valence-electron chi connectivity index (χ2n) is 4.92. The summed E-state index contributed by atoms with van der Waals surface area (Å²) in [6.45, 7) is 5.08. The Kier molecular flexibility index (Phi) is 4.84. The maximum absolute atomic E-state index is 13.4. The fourth-order valence-electron chi connectivity index (χ4n) is 2.07. The highest BCUT2D eigenvalue weighted by atomic mass is 19.1. The number of halogens is 1. The van der Waals surface area contributed by atoms with Crippen LogP contribution in [0.15, 0.2) is 12.1 Å². The summed E-state index contributed by atoms with van der Waals surface area (Å²) < 4.78 is 13.4. The van der Waals surface area contributed by atoms with Crippen LogP contribution in [0.1, 0.15) is 42.6 Å². The SMILES string of the molecule is Cc1cc(C(O)CC(C)CC(=O)O)cc(C)c1F. The summed E-state index contributed by atoms with van der Waals surface area (Å²) >= 11 is 0. The standard InChI is InChI=1S/C14H19FO3/c1-8(5-13(17)18)4-12(16)11-6-9(2)14(15)10(3)7-11/h6-8,12,16H,4-5H2,1-3H3,(H,17,18). The minimum Gasteiger partial charge on any atom is -0.481 e. The van der Waals surface area contributed by atoms with Gasteiger partial charge in [-0.25, -0.2) is 4.39 Å². The Hall–Kier alpha value is -1.42. The summed E-state index contributed by atoms with van der Waals surface area (Å²) in [5, 5.41) is 18.7. The van der Waals surface area contributed by atoms with E-state index in [1.165, 1.54) is 0 Å². The van der Waals surface area contributed by atoms with E-state index in [1.54, 1.807) is 32.9 Å². The lowest BCUT2D eigenvalue weighted by Gasteiger charge is -2.17. The molecule has 2 N–H and O–H groups in total. The zero-order valence-electron chi connectivity index (χ0n) is 10.9. The minimum atomic E-state index is -0.874. The molecule has 3 nitrogen and oxygen atoms in total. The monoisotopic (exact) mass is 254 g/mol. The molecule has 1 aromatic carbocycles. The molecule has 0 aliphatic rings. The maximum atomic E-state index is 13.4. The third kappa shape index (κ3) is 3.81. The molecule has 2 atom stereocenters. The molecule has 0 heterocycles. The summed E-state index contributed by atoms with van der Waals surface area (Å²) in [5.41, 5.74) is 1.63. The van der Waals surface area contributed by atoms with Gasteiger partial charge in [0.25, 0.3) is 0 Å². The number of aliphatic hydroxyl groups is 1. The van der Waals surface area contributed by atoms with Crippen LogP contribution in [0.3, 0.4) is 0 Å². The lowest BCUT2D eigenvalue weighted by atomic mass is 9.94. The summed E-state index contributed by atoms with van der Waals surface area (Å²) in [4.78, 5) is 10.5. The largest absolute Gasteiger partial charge is 0.481 e. The van der Waals surface area contributed by atoms with Crippen molar-refractivity contribution in [1.82, 2.24) is 0 Å². The van der Waals surface area contributed by atoms with Gasteiger partial charge in [-0.2, -0.15) is 0 Å². The third-order valence-corrected chi connectivity index (χ3v) is 2.99. The smallest absolute Gasteiger partial charge is 0.303 e. The number of carbonyl (C=O) groups is 1. The van der Waals surface area contributed by atoms with Crippen molar-refractivity contribution in [3.05, 3.63) is 34.6 Å². The topological polar surface area (TPSA) is 57.5 Å². The normalized spacial score (nSPS) is 14.3. The van der Waals surface area contributed by atoms with Gasteiger partial charge in [0.15, 0.2) is 0 Å². The van der Waals surface area contributed by atoms with Gasteiger partial charge in [0, 0.05) is 6.42 Å². The van der Waals surface area contributed by atoms with Crippen molar-refractivity contribution in [3.8, 4) is 0 Å². The lowest BCUT2D eigenvalue weighted by Crippen LogP contribution is -2.09. The molecule has 0 saturated heterocycles. The number of aryl methyl sites for hydroxylation is 2. The number of aliphatic hydroxyl groups excluding tert-OH is 1. The van der Waals surface area contributed by atoms with Gasteiger partial charge < -0.3 is 10.2 Å². The van der Waals surface area contributed by atoms with E-state index in [0.717, 1.165) is 0 Å². The first-order chi connectivity index (χ1) is 8.31. The Morgan fingerprint density at radius 3 is 2.28 bits per heavy atom. The van der Waals surface area contributed by atoms with Gasteiger partial charge in [-0.1, -0.05) is 19.1 Å². The highest BCUT2D eigenvalue weighted by Gasteiger charge is 2.16. The molecular weight excluding hydrogens is 235 g/mol. The average Bonchev–Trinajstić information content (AvgIpc) is 2.23. The van der Waals surface area contributed by atoms with Gasteiger partial charge >= 0.3 is 5.97 Å². The number of carboxylic acid groups (broad SMARTS) is 1. The number of aliphatic carboxylic acids is 1. The molecule has 100 valence electrons. The van der Waals surface area contributed by atoms with E-state index in [2.05, 4.69) is 0 Å². The van der Waals surface area contributed by atoms with Crippen LogP contribution in [0, 0.1) is 25.6 Å². The van der Waals surface area contributed by atoms with Crippen LogP contribution in [0.5, 0.6) is 0 Å². The number of benzene rings is 1. The molecule has 2 unspecified atom stereocenters. The van der Waals surface area contributed by atoms with Crippen LogP contribution in [-0.4, -0.2) is 16.2 Å². The van der Waals surface area contributed by atoms with E-state index >= 15 is 0 Å². The van der Waals surface area contributed by atoms with E-state index in [1.807, 2.05) is 0 Å². The molecule has 4 heteroatoms. The fraction of sp³-hybridized carbons (Fsp3) is 0.500. The predicted molar refractivity (Wildman–Crippen MR) is 66.9 cm³/mol. The van der Waals surface area contributed by atoms with Gasteiger partial charge in [-0.3, -0.25) is 4.79 Å². The molecule has 0 bridgehead atoms. The van der Waals surface area contributed by atoms with Gasteiger partial charge in [0.2, 0.25) is 0 Å². The van der Waals surface area contributed by atoms with Gasteiger partial charge in [-0.15, -0.1) is 0 Å². The fourth-order valence-corrected chi connectivity index (χ4v) is 2.07. The van der Waals surface area contributed by atoms with Crippen LogP contribution in [0.4, 0.5) is 4.39 Å². The van der Waals surface area contributed by atoms with Crippen LogP contribution in [0.2, 0.25) is 0 Å². The Labute approximate surface area is 106 Å². The minimum absolute atomic E-state index is 0.0240. The summed E-state index contributed by atoms with van der Waals surface area (Å²) in [6.07, 6.45) is -0.370. The van der Waals surface area contributed by atoms with Crippen LogP contribution in [0.25, 0.3) is 0 Å². The summed E-state index contributed by atoms with van der Waals surface area (Å²) in [7, 11) is 0. The van der Waals surface area contributed by atoms with Gasteiger partial charge in [-0.05, 0) is 42.9 Å². The maximum Gasteiger partial charge on any atom is 0.303 e. The molecule has 1 rings (SSSR count). The zero-order chi connectivity index (χ0) is 13.9. The number of hydrogen-bond donors (Lipinski definition) is 2. The van der Waals surface area contributed by atoms with E-state index in [-0.39, 0.29) is 18.2 Å². The highest BCUT2D eigenvalue weighted by molar-refractivity contribution is 5.66. The van der Waals surface area contributed by atoms with Crippen molar-refractivity contribution in [2.75, 3.05) is 0 Å². The van der Waals surface area contributed by atoms with E-state index in [9.17, 15) is 14.3 Å². The van der Waals surface area contributed by atoms with Crippen LogP contribution >= 0.6 is 0 Å². The molecule has 0 fully saturated rings. The first-order valence-electron chi connectivity index (χ1n) is 5.97. The van der Waals surface area contributed by atoms with E-state index in [0.29, 0.717) is 23.1 Å². The van der Waals surface area contributed by atoms with Crippen LogP contribution < -0.4 is 0 Å². The first-order valence-corrected chi connectivity index (χ1v) is 5.97. The Bertz CT molecular complexity index is 420. The summed E-state index contributed by atoms with van der Waals surface area (Å²) in [6, 6.07) is 3.22. The highest BCUT2D eigenvalue weighted by Crippen LogP contribution is 2.26. The zero-order valence-corrected chi connectivity index (χ0v) is 10.9. The van der Waals surface area contributed by atoms with Gasteiger partial charge in [0.1, 0.15) is 5.82 Å². The van der Waals surface area contributed by atoms with E-state index in [4.69, 9.17) is 5.11 Å². The summed E-state index contributed by atoms with van der Waals surface area (Å²) in [5.74, 6) is -1.26. The van der Waals surface area contributed by atoms with Crippen molar-refractivity contribution in [2.24, 2.45) is 5.92 Å². The molecule has 0 spiro atoms. The molecule has 0 saturated carbocycles. The second-order valence-corrected chi connectivity index (χ2v) is 4.92. The van der Waals surface area contributed by atoms with E-state index < -0.39 is 12.1 Å². The van der Waals surface area contributed by atoms with Crippen molar-refractivity contribution in [1.29, 1.82) is 0 Å². The van der Waals surface area contributed by atoms with Crippen LogP contribution in [-0.2, 0) is 4.79 Å². The third-order valence-electron chi connectivity index (χ3n) is 2.99. The lowest BCUT2D eigenvalue weighted by molar-refractivity contribution is -0.138. The van der Waals surface area contributed by atoms with Crippen molar-refractivity contribution in [2.45, 2.75) is 39.7 Å². The molecule has 0 amide bonds. The Morgan fingerprint density at radius 2 is 1.83 bits per heavy atom. The van der Waals surface area contributed by atoms with Gasteiger partial charge in [0.05, 0.1) is 6.10 Å². The molecule has 0 aliphatic heterocycles. The predicted octanol–water partition coefficient (Wildman–Crippen LogP) is 2.98. The molecular formula is C14H19FO3. The second kappa shape index (κ2) is 5.96. The molecule has 0 aliphatic carbocycles. The molecule has 18 heavy (non-hydrogen) atoms. The van der Waals surface area contributed by atoms with Crippen molar-refractivity contribution >= 4 is 5.97 Å². The Balaban J connectivity index is 2.78. The number of hydrogen-bond acceptors (Lipinski definition) is 2. The quantitative estimate of drug-likeness (QED) is 0.849. The number of rotatable bonds is 5. The average molecular weight is 254 g/mol. The molecule has 1 aromatic rings. The molecule has 0 aromatic heterocycles.